The molecule has 0 aromatic carbocycles. The van der Waals surface area contributed by atoms with Crippen molar-refractivity contribution in [3.8, 4) is 0 Å². The molecule has 0 saturated carbocycles. The molecule has 0 radical (unpaired) electrons. The van der Waals surface area contributed by atoms with Gasteiger partial charge >= 0.3 is 17.9 Å². The molecule has 2 saturated heterocycles. The molecule has 8 heteroatoms. The fourth-order valence-electron chi connectivity index (χ4n) is 7.22. The Morgan fingerprint density at radius 3 is 1.75 bits per heavy atom. The third-order valence-electron chi connectivity index (χ3n) is 10.8. The molecule has 2 aliphatic heterocycles. The molecule has 0 amide bonds. The zero-order valence-corrected chi connectivity index (χ0v) is 36.4. The van der Waals surface area contributed by atoms with Crippen LogP contribution in [0.15, 0.2) is 60.8 Å². The van der Waals surface area contributed by atoms with Gasteiger partial charge in [0.15, 0.2) is 12.2 Å². The molecule has 0 aromatic heterocycles. The molecule has 0 aliphatic carbocycles. The van der Waals surface area contributed by atoms with Crippen LogP contribution in [0.25, 0.3) is 0 Å². The van der Waals surface area contributed by atoms with E-state index in [1.165, 1.54) is 51.4 Å². The van der Waals surface area contributed by atoms with Crippen LogP contribution in [-0.2, 0) is 33.3 Å². The SMILES string of the molecule is CCCCC/C=C\C/C=C\CCCC/C=C/CC(=O)O[C@H]1COC(COC(=O)CC2CCCCN2C)[C@@H]1OC(=O)CCCCCCC/C=C\C/C=C\CCCCC. The number of nitrogens with zero attached hydrogens (tertiary/aromatic N) is 1. The Bertz CT molecular complexity index is 1190. The number of rotatable bonds is 33. The molecule has 4 atom stereocenters. The summed E-state index contributed by atoms with van der Waals surface area (Å²) in [6.45, 7) is 5.49. The number of hydrogen-bond donors (Lipinski definition) is 0. The van der Waals surface area contributed by atoms with Gasteiger partial charge in [-0.1, -0.05) is 126 Å². The predicted octanol–water partition coefficient (Wildman–Crippen LogP) is 12.0. The number of carbonyl (C=O) groups is 3. The van der Waals surface area contributed by atoms with Gasteiger partial charge in [0, 0.05) is 12.5 Å². The van der Waals surface area contributed by atoms with Crippen LogP contribution in [0, 0.1) is 0 Å². The van der Waals surface area contributed by atoms with Crippen molar-refractivity contribution in [2.24, 2.45) is 0 Å². The largest absolute Gasteiger partial charge is 0.463 e. The summed E-state index contributed by atoms with van der Waals surface area (Å²) in [5.41, 5.74) is 0. The average molecular weight is 796 g/mol. The van der Waals surface area contributed by atoms with E-state index in [4.69, 9.17) is 18.9 Å². The Morgan fingerprint density at radius 1 is 0.614 bits per heavy atom. The van der Waals surface area contributed by atoms with Crippen molar-refractivity contribution in [3.63, 3.8) is 0 Å². The summed E-state index contributed by atoms with van der Waals surface area (Å²) in [5, 5.41) is 0. The summed E-state index contributed by atoms with van der Waals surface area (Å²) in [4.78, 5) is 40.8. The molecule has 0 spiro atoms. The van der Waals surface area contributed by atoms with Gasteiger partial charge < -0.3 is 23.8 Å². The highest BCUT2D eigenvalue weighted by molar-refractivity contribution is 5.72. The zero-order chi connectivity index (χ0) is 41.0. The summed E-state index contributed by atoms with van der Waals surface area (Å²) >= 11 is 0. The van der Waals surface area contributed by atoms with Gasteiger partial charge in [-0.25, -0.2) is 0 Å². The first-order chi connectivity index (χ1) is 27.9. The van der Waals surface area contributed by atoms with Gasteiger partial charge in [0.25, 0.3) is 0 Å². The highest BCUT2D eigenvalue weighted by Crippen LogP contribution is 2.24. The number of likely N-dealkylation sites (tertiary alicyclic amines) is 1. The van der Waals surface area contributed by atoms with Gasteiger partial charge in [0.2, 0.25) is 0 Å². The van der Waals surface area contributed by atoms with E-state index in [1.807, 2.05) is 19.2 Å². The lowest BCUT2D eigenvalue weighted by Crippen LogP contribution is -2.41. The van der Waals surface area contributed by atoms with E-state index in [2.05, 4.69) is 67.4 Å². The molecular weight excluding hydrogens is 715 g/mol. The highest BCUT2D eigenvalue weighted by Gasteiger charge is 2.43. The van der Waals surface area contributed by atoms with E-state index >= 15 is 0 Å². The Labute approximate surface area is 347 Å². The van der Waals surface area contributed by atoms with Crippen molar-refractivity contribution in [2.45, 2.75) is 205 Å². The lowest BCUT2D eigenvalue weighted by Gasteiger charge is -2.31. The van der Waals surface area contributed by atoms with E-state index in [0.29, 0.717) is 6.42 Å². The maximum absolute atomic E-state index is 13.0. The van der Waals surface area contributed by atoms with E-state index < -0.39 is 24.3 Å². The van der Waals surface area contributed by atoms with Crippen LogP contribution in [0.4, 0.5) is 0 Å². The highest BCUT2D eigenvalue weighted by atomic mass is 16.6. The Kier molecular flexibility index (Phi) is 30.8. The Hall–Kier alpha value is -2.97. The standard InChI is InChI=1S/C49H81NO7/c1-4-6-8-10-12-14-16-18-20-22-24-26-28-30-32-37-46(51)56-45-42-54-44(41-55-48(53)40-43-36-34-35-39-50(43)3)49(45)57-47(52)38-33-31-29-27-25-23-21-19-17-15-13-11-9-7-5-2/h12-15,18-21,30,32,43-45,49H,4-11,16-17,22-29,31,33-42H2,1-3H3/b14-12-,15-13-,20-18-,21-19-,32-30+/t43?,44?,45-,49-/m0/s1. The van der Waals surface area contributed by atoms with Gasteiger partial charge in [-0.15, -0.1) is 0 Å². The first-order valence-corrected chi connectivity index (χ1v) is 23.1. The average Bonchev–Trinajstić information content (AvgIpc) is 3.57. The maximum atomic E-state index is 13.0. The second kappa shape index (κ2) is 35.0. The minimum Gasteiger partial charge on any atom is -0.463 e. The second-order valence-electron chi connectivity index (χ2n) is 16.0. The van der Waals surface area contributed by atoms with Crippen LogP contribution in [-0.4, -0.2) is 74.0 Å². The van der Waals surface area contributed by atoms with Gasteiger partial charge in [0.1, 0.15) is 12.7 Å². The summed E-state index contributed by atoms with van der Waals surface area (Å²) < 4.78 is 23.3. The number of unbranched alkanes of at least 4 members (excludes halogenated alkanes) is 14. The lowest BCUT2D eigenvalue weighted by molar-refractivity contribution is -0.168. The van der Waals surface area contributed by atoms with Crippen molar-refractivity contribution >= 4 is 17.9 Å². The van der Waals surface area contributed by atoms with Crippen LogP contribution in [0.3, 0.4) is 0 Å². The number of ether oxygens (including phenoxy) is 4. The smallest absolute Gasteiger partial charge is 0.310 e. The molecule has 0 N–H and O–H groups in total. The molecule has 2 aliphatic rings. The molecule has 2 rings (SSSR count). The van der Waals surface area contributed by atoms with E-state index in [1.54, 1.807) is 0 Å². The number of piperidine rings is 1. The fraction of sp³-hybridized carbons (Fsp3) is 0.735. The Balaban J connectivity index is 1.72. The minimum atomic E-state index is -0.821. The van der Waals surface area contributed by atoms with Gasteiger partial charge in [0.05, 0.1) is 19.4 Å². The van der Waals surface area contributed by atoms with E-state index in [0.717, 1.165) is 103 Å². The number of hydrogen-bond acceptors (Lipinski definition) is 8. The molecule has 0 aromatic rings. The quantitative estimate of drug-likeness (QED) is 0.0281. The monoisotopic (exact) mass is 796 g/mol. The molecule has 2 unspecified atom stereocenters. The van der Waals surface area contributed by atoms with Crippen LogP contribution in [0.2, 0.25) is 0 Å². The molecule has 324 valence electrons. The maximum Gasteiger partial charge on any atom is 0.310 e. The lowest BCUT2D eigenvalue weighted by atomic mass is 10.0. The minimum absolute atomic E-state index is 0.0458. The van der Waals surface area contributed by atoms with Crippen molar-refractivity contribution in [2.75, 3.05) is 26.8 Å². The van der Waals surface area contributed by atoms with Crippen LogP contribution < -0.4 is 0 Å². The molecule has 0 bridgehead atoms. The molecule has 57 heavy (non-hydrogen) atoms. The third-order valence-corrected chi connectivity index (χ3v) is 10.8. The van der Waals surface area contributed by atoms with Crippen LogP contribution in [0.1, 0.15) is 181 Å². The first-order valence-electron chi connectivity index (χ1n) is 23.1. The first kappa shape index (κ1) is 50.2. The third kappa shape index (κ3) is 26.6. The second-order valence-corrected chi connectivity index (χ2v) is 16.0. The van der Waals surface area contributed by atoms with Gasteiger partial charge in [-0.05, 0) is 110 Å². The summed E-state index contributed by atoms with van der Waals surface area (Å²) in [7, 11) is 2.05. The predicted molar refractivity (Wildman–Crippen MR) is 234 cm³/mol. The summed E-state index contributed by atoms with van der Waals surface area (Å²) in [6, 6.07) is 0.170. The van der Waals surface area contributed by atoms with Crippen molar-refractivity contribution < 1.29 is 33.3 Å². The van der Waals surface area contributed by atoms with Crippen LogP contribution >= 0.6 is 0 Å². The van der Waals surface area contributed by atoms with Gasteiger partial charge in [-0.3, -0.25) is 14.4 Å². The summed E-state index contributed by atoms with van der Waals surface area (Å²) in [5.74, 6) is -1.02. The van der Waals surface area contributed by atoms with Crippen LogP contribution in [0.5, 0.6) is 0 Å². The number of carbonyl (C=O) groups excluding carboxylic acids is 3. The summed E-state index contributed by atoms with van der Waals surface area (Å²) in [6.07, 6.45) is 46.1. The van der Waals surface area contributed by atoms with Crippen molar-refractivity contribution in [3.05, 3.63) is 60.8 Å². The number of esters is 3. The fourth-order valence-corrected chi connectivity index (χ4v) is 7.22. The normalized spacial score (nSPS) is 20.5. The zero-order valence-electron chi connectivity index (χ0n) is 36.4. The van der Waals surface area contributed by atoms with Crippen molar-refractivity contribution in [1.29, 1.82) is 0 Å². The van der Waals surface area contributed by atoms with Gasteiger partial charge in [-0.2, -0.15) is 0 Å². The Morgan fingerprint density at radius 2 is 1.16 bits per heavy atom. The molecular formula is C49H81NO7. The number of allylic oxidation sites excluding steroid dienone is 9. The van der Waals surface area contributed by atoms with E-state index in [-0.39, 0.29) is 44.0 Å². The molecule has 2 fully saturated rings. The topological polar surface area (TPSA) is 91.4 Å². The van der Waals surface area contributed by atoms with Crippen molar-refractivity contribution in [1.82, 2.24) is 4.90 Å². The van der Waals surface area contributed by atoms with E-state index in [9.17, 15) is 14.4 Å². The molecule has 8 nitrogen and oxygen atoms in total. The molecule has 2 heterocycles.